The lowest BCUT2D eigenvalue weighted by Gasteiger charge is -2.35. The molecule has 2 aromatic heterocycles. The van der Waals surface area contributed by atoms with Crippen molar-refractivity contribution in [2.45, 2.75) is 30.9 Å². The third-order valence-corrected chi connectivity index (χ3v) is 8.01. The molecule has 1 amide bonds. The summed E-state index contributed by atoms with van der Waals surface area (Å²) in [5.41, 5.74) is 4.83. The van der Waals surface area contributed by atoms with E-state index in [9.17, 15) is 4.79 Å². The summed E-state index contributed by atoms with van der Waals surface area (Å²) in [4.78, 5) is 31.1. The fraction of sp³-hybridized carbons (Fsp3) is 0.290. The number of aryl methyl sites for hydroxylation is 1. The molecule has 0 saturated carbocycles. The zero-order valence-corrected chi connectivity index (χ0v) is 23.8. The van der Waals surface area contributed by atoms with Crippen molar-refractivity contribution in [3.63, 3.8) is 0 Å². The monoisotopic (exact) mass is 568 g/mol. The zero-order valence-electron chi connectivity index (χ0n) is 23.0. The van der Waals surface area contributed by atoms with E-state index in [0.717, 1.165) is 72.0 Å². The van der Waals surface area contributed by atoms with Gasteiger partial charge in [-0.25, -0.2) is 9.97 Å². The topological polar surface area (TPSA) is 92.7 Å². The van der Waals surface area contributed by atoms with Gasteiger partial charge in [0, 0.05) is 74.7 Å². The third-order valence-electron chi connectivity index (χ3n) is 7.09. The van der Waals surface area contributed by atoms with Crippen molar-refractivity contribution in [3.8, 4) is 11.5 Å². The summed E-state index contributed by atoms with van der Waals surface area (Å²) in [5, 5.41) is 3.71. The highest BCUT2D eigenvalue weighted by atomic mass is 32.2. The number of piperazine rings is 1. The van der Waals surface area contributed by atoms with Crippen molar-refractivity contribution in [2.75, 3.05) is 37.9 Å². The molecule has 1 N–H and O–H groups in total. The summed E-state index contributed by atoms with van der Waals surface area (Å²) < 4.78 is 11.0. The third kappa shape index (κ3) is 6.96. The van der Waals surface area contributed by atoms with Gasteiger partial charge >= 0.3 is 0 Å². The van der Waals surface area contributed by atoms with Crippen LogP contribution in [-0.2, 0) is 18.8 Å². The Morgan fingerprint density at radius 2 is 1.78 bits per heavy atom. The second kappa shape index (κ2) is 12.6. The Morgan fingerprint density at radius 1 is 0.927 bits per heavy atom. The first kappa shape index (κ1) is 27.0. The van der Waals surface area contributed by atoms with Gasteiger partial charge < -0.3 is 19.7 Å². The molecule has 0 bridgehead atoms. The number of carbonyl (C=O) groups excluding carboxylic acids is 1. The van der Waals surface area contributed by atoms with Crippen LogP contribution in [-0.4, -0.2) is 58.7 Å². The van der Waals surface area contributed by atoms with Gasteiger partial charge in [-0.1, -0.05) is 36.0 Å². The van der Waals surface area contributed by atoms with E-state index in [-0.39, 0.29) is 5.91 Å². The summed E-state index contributed by atoms with van der Waals surface area (Å²) in [7, 11) is 0. The number of aromatic nitrogens is 3. The van der Waals surface area contributed by atoms with Gasteiger partial charge in [-0.2, -0.15) is 0 Å². The number of hydrogen-bond donors (Lipinski definition) is 1. The average molecular weight is 569 g/mol. The molecule has 0 aliphatic carbocycles. The molecule has 2 aliphatic heterocycles. The quantitative estimate of drug-likeness (QED) is 0.232. The van der Waals surface area contributed by atoms with Gasteiger partial charge in [0.15, 0.2) is 16.7 Å². The van der Waals surface area contributed by atoms with Crippen LogP contribution in [0.25, 0.3) is 0 Å². The Balaban J connectivity index is 1.02. The van der Waals surface area contributed by atoms with Gasteiger partial charge in [0.05, 0.1) is 0 Å². The van der Waals surface area contributed by atoms with Crippen molar-refractivity contribution < 1.29 is 14.3 Å². The molecule has 6 rings (SSSR count). The van der Waals surface area contributed by atoms with E-state index in [4.69, 9.17) is 14.5 Å². The van der Waals surface area contributed by atoms with Crippen molar-refractivity contribution in [3.05, 3.63) is 101 Å². The lowest BCUT2D eigenvalue weighted by molar-refractivity contribution is 0.0950. The number of carbonyl (C=O) groups is 1. The molecular weight excluding hydrogens is 536 g/mol. The van der Waals surface area contributed by atoms with Gasteiger partial charge in [0.25, 0.3) is 5.91 Å². The maximum Gasteiger partial charge on any atom is 0.251 e. The second-order valence-corrected chi connectivity index (χ2v) is 11.1. The molecule has 0 unspecified atom stereocenters. The van der Waals surface area contributed by atoms with Crippen LogP contribution in [0.15, 0.2) is 78.2 Å². The molecule has 2 aromatic carbocycles. The van der Waals surface area contributed by atoms with E-state index in [2.05, 4.69) is 43.3 Å². The normalized spacial score (nSPS) is 14.7. The highest BCUT2D eigenvalue weighted by Crippen LogP contribution is 2.33. The van der Waals surface area contributed by atoms with E-state index in [1.165, 1.54) is 5.56 Å². The highest BCUT2D eigenvalue weighted by Gasteiger charge is 2.21. The van der Waals surface area contributed by atoms with Gasteiger partial charge in [0.1, 0.15) is 5.82 Å². The molecule has 41 heavy (non-hydrogen) atoms. The minimum atomic E-state index is -0.104. The minimum Gasteiger partial charge on any atom is -0.454 e. The molecule has 0 atom stereocenters. The molecule has 2 aliphatic rings. The lowest BCUT2D eigenvalue weighted by atomic mass is 10.1. The second-order valence-electron chi connectivity index (χ2n) is 10.1. The molecular formula is C31H32N6O3S. The van der Waals surface area contributed by atoms with Crippen LogP contribution >= 0.6 is 11.8 Å². The van der Waals surface area contributed by atoms with Gasteiger partial charge in [0.2, 0.25) is 6.79 Å². The first-order valence-electron chi connectivity index (χ1n) is 13.7. The minimum absolute atomic E-state index is 0.104. The number of hydrogen-bond acceptors (Lipinski definition) is 9. The maximum atomic E-state index is 12.7. The fourth-order valence-corrected chi connectivity index (χ4v) is 5.76. The van der Waals surface area contributed by atoms with Crippen LogP contribution in [0.5, 0.6) is 11.5 Å². The summed E-state index contributed by atoms with van der Waals surface area (Å²) >= 11 is 1.59. The largest absolute Gasteiger partial charge is 0.454 e. The SMILES string of the molecule is Cc1cc(N2CCN(Cc3ccc4c(c3)OCO4)CC2)nc(SCc2cccc(C(=O)NCc3cccnc3)c2)n1. The standard InChI is InChI=1S/C31H32N6O3S/c1-22-14-29(37-12-10-36(11-13-37)19-23-7-8-27-28(16-23)40-21-39-27)35-31(34-22)41-20-24-4-2-6-26(15-24)30(38)33-18-25-5-3-9-32-17-25/h2-9,14-17H,10-13,18-21H2,1H3,(H,33,38). The number of rotatable bonds is 9. The number of thioether (sulfide) groups is 1. The first-order chi connectivity index (χ1) is 20.1. The van der Waals surface area contributed by atoms with Crippen LogP contribution in [0.1, 0.15) is 32.7 Å². The number of amides is 1. The van der Waals surface area contributed by atoms with Crippen LogP contribution < -0.4 is 19.7 Å². The van der Waals surface area contributed by atoms with Crippen molar-refractivity contribution in [2.24, 2.45) is 0 Å². The molecule has 0 spiro atoms. The molecule has 1 fully saturated rings. The first-order valence-corrected chi connectivity index (χ1v) is 14.7. The molecule has 210 valence electrons. The average Bonchev–Trinajstić information content (AvgIpc) is 3.48. The highest BCUT2D eigenvalue weighted by molar-refractivity contribution is 7.98. The van der Waals surface area contributed by atoms with Crippen LogP contribution in [0.4, 0.5) is 5.82 Å². The fourth-order valence-electron chi connectivity index (χ4n) is 4.92. The van der Waals surface area contributed by atoms with E-state index in [1.54, 1.807) is 24.2 Å². The van der Waals surface area contributed by atoms with E-state index in [0.29, 0.717) is 24.7 Å². The predicted molar refractivity (Wildman–Crippen MR) is 158 cm³/mol. The summed E-state index contributed by atoms with van der Waals surface area (Å²) in [5.74, 6) is 3.19. The Hall–Kier alpha value is -4.15. The van der Waals surface area contributed by atoms with E-state index < -0.39 is 0 Å². The van der Waals surface area contributed by atoms with Gasteiger partial charge in [-0.15, -0.1) is 0 Å². The van der Waals surface area contributed by atoms with Crippen molar-refractivity contribution in [1.82, 2.24) is 25.2 Å². The molecule has 10 heteroatoms. The van der Waals surface area contributed by atoms with Crippen LogP contribution in [0.2, 0.25) is 0 Å². The Labute approximate surface area is 243 Å². The van der Waals surface area contributed by atoms with E-state index in [1.807, 2.05) is 49.4 Å². The molecule has 4 heterocycles. The Morgan fingerprint density at radius 3 is 2.63 bits per heavy atom. The number of anilines is 1. The summed E-state index contributed by atoms with van der Waals surface area (Å²) in [6.45, 7) is 7.35. The number of benzene rings is 2. The molecule has 0 radical (unpaired) electrons. The molecule has 4 aromatic rings. The van der Waals surface area contributed by atoms with Crippen LogP contribution in [0, 0.1) is 6.92 Å². The Kier molecular flexibility index (Phi) is 8.29. The zero-order chi connectivity index (χ0) is 28.0. The van der Waals surface area contributed by atoms with Crippen molar-refractivity contribution >= 4 is 23.5 Å². The lowest BCUT2D eigenvalue weighted by Crippen LogP contribution is -2.46. The summed E-state index contributed by atoms with van der Waals surface area (Å²) in [6, 6.07) is 19.8. The van der Waals surface area contributed by atoms with Gasteiger partial charge in [-0.3, -0.25) is 14.7 Å². The van der Waals surface area contributed by atoms with Crippen molar-refractivity contribution in [1.29, 1.82) is 0 Å². The molecule has 1 saturated heterocycles. The van der Waals surface area contributed by atoms with E-state index >= 15 is 0 Å². The number of nitrogens with zero attached hydrogens (tertiary/aromatic N) is 5. The summed E-state index contributed by atoms with van der Waals surface area (Å²) in [6.07, 6.45) is 3.47. The molecule has 9 nitrogen and oxygen atoms in total. The number of fused-ring (bicyclic) bond motifs is 1. The van der Waals surface area contributed by atoms with Crippen LogP contribution in [0.3, 0.4) is 0 Å². The van der Waals surface area contributed by atoms with Gasteiger partial charge in [-0.05, 0) is 53.9 Å². The maximum absolute atomic E-state index is 12.7. The number of ether oxygens (including phenoxy) is 2. The predicted octanol–water partition coefficient (Wildman–Crippen LogP) is 4.45. The number of pyridine rings is 1. The Bertz CT molecular complexity index is 1510. The number of nitrogens with one attached hydrogen (secondary N) is 1. The smallest absolute Gasteiger partial charge is 0.251 e.